The third kappa shape index (κ3) is 3.37. The van der Waals surface area contributed by atoms with Gasteiger partial charge >= 0.3 is 0 Å². The number of rotatable bonds is 4. The molecule has 146 valence electrons. The van der Waals surface area contributed by atoms with E-state index >= 15 is 0 Å². The fourth-order valence-electron chi connectivity index (χ4n) is 3.07. The van der Waals surface area contributed by atoms with Gasteiger partial charge in [-0.2, -0.15) is 0 Å². The predicted octanol–water partition coefficient (Wildman–Crippen LogP) is 2.70. The molecule has 1 aliphatic heterocycles. The van der Waals surface area contributed by atoms with Crippen LogP contribution in [0.1, 0.15) is 12.8 Å². The van der Waals surface area contributed by atoms with Gasteiger partial charge in [0.2, 0.25) is 10.0 Å². The summed E-state index contributed by atoms with van der Waals surface area (Å²) in [6.07, 6.45) is 1.14. The Bertz CT molecular complexity index is 1080. The van der Waals surface area contributed by atoms with Gasteiger partial charge in [-0.15, -0.1) is 0 Å². The Balaban J connectivity index is 1.83. The Kier molecular flexibility index (Phi) is 4.74. The van der Waals surface area contributed by atoms with Gasteiger partial charge in [0, 0.05) is 5.56 Å². The number of aromatic nitrogens is 2. The normalized spacial score (nSPS) is 17.4. The first-order chi connectivity index (χ1) is 12.8. The summed E-state index contributed by atoms with van der Waals surface area (Å²) < 4.78 is 49.7. The van der Waals surface area contributed by atoms with Crippen molar-refractivity contribution in [3.8, 4) is 11.1 Å². The largest absolute Gasteiger partial charge is 0.378 e. The number of fused-ring (bicyclic) bond motifs is 1. The zero-order chi connectivity index (χ0) is 19.3. The van der Waals surface area contributed by atoms with Gasteiger partial charge in [0.1, 0.15) is 11.0 Å². The molecule has 1 saturated carbocycles. The summed E-state index contributed by atoms with van der Waals surface area (Å²) in [5.41, 5.74) is -0.579. The van der Waals surface area contributed by atoms with Crippen molar-refractivity contribution in [2.75, 3.05) is 17.9 Å². The van der Waals surface area contributed by atoms with Crippen LogP contribution >= 0.6 is 23.2 Å². The predicted molar refractivity (Wildman–Crippen MR) is 100 cm³/mol. The standard InChI is InChI=1S/C16H16Cl2FN3O4S/c17-11-8-12(19)10(7-13(11)20-27(24,25)9-1-2-9)14-15(18)21-3-5-26-6-4-22(21)16(14)23/h7-9,20H,1-6H2. The second-order valence-corrected chi connectivity index (χ2v) is 9.21. The summed E-state index contributed by atoms with van der Waals surface area (Å²) in [4.78, 5) is 12.8. The van der Waals surface area contributed by atoms with Crippen LogP contribution in [0.4, 0.5) is 10.1 Å². The molecule has 11 heteroatoms. The van der Waals surface area contributed by atoms with Crippen molar-refractivity contribution in [3.63, 3.8) is 0 Å². The van der Waals surface area contributed by atoms with E-state index in [1.807, 2.05) is 0 Å². The Labute approximate surface area is 164 Å². The molecule has 1 aromatic heterocycles. The van der Waals surface area contributed by atoms with Crippen molar-refractivity contribution < 1.29 is 17.5 Å². The lowest BCUT2D eigenvalue weighted by atomic mass is 10.1. The summed E-state index contributed by atoms with van der Waals surface area (Å²) >= 11 is 12.4. The van der Waals surface area contributed by atoms with Crippen molar-refractivity contribution in [2.24, 2.45) is 0 Å². The molecule has 0 bridgehead atoms. The summed E-state index contributed by atoms with van der Waals surface area (Å²) in [5.74, 6) is -0.758. The van der Waals surface area contributed by atoms with Crippen LogP contribution in [-0.2, 0) is 27.8 Å². The molecule has 0 spiro atoms. The molecule has 4 rings (SSSR count). The third-order valence-electron chi connectivity index (χ3n) is 4.61. The minimum absolute atomic E-state index is 0.0187. The number of hydrogen-bond acceptors (Lipinski definition) is 4. The maximum absolute atomic E-state index is 14.6. The van der Waals surface area contributed by atoms with Crippen LogP contribution in [0.5, 0.6) is 0 Å². The third-order valence-corrected chi connectivity index (χ3v) is 7.16. The number of sulfonamides is 1. The monoisotopic (exact) mass is 435 g/mol. The molecule has 0 atom stereocenters. The van der Waals surface area contributed by atoms with Gasteiger partial charge in [-0.1, -0.05) is 23.2 Å². The summed E-state index contributed by atoms with van der Waals surface area (Å²) in [5, 5.41) is -0.490. The van der Waals surface area contributed by atoms with E-state index in [-0.39, 0.29) is 33.5 Å². The van der Waals surface area contributed by atoms with Crippen molar-refractivity contribution in [2.45, 2.75) is 31.2 Å². The molecule has 7 nitrogen and oxygen atoms in total. The second kappa shape index (κ2) is 6.80. The molecule has 1 fully saturated rings. The van der Waals surface area contributed by atoms with Crippen molar-refractivity contribution in [1.82, 2.24) is 9.36 Å². The number of nitrogens with zero attached hydrogens (tertiary/aromatic N) is 2. The van der Waals surface area contributed by atoms with Crippen molar-refractivity contribution in [3.05, 3.63) is 38.5 Å². The number of anilines is 1. The quantitative estimate of drug-likeness (QED) is 0.799. The van der Waals surface area contributed by atoms with Crippen molar-refractivity contribution in [1.29, 1.82) is 0 Å². The van der Waals surface area contributed by atoms with E-state index in [9.17, 15) is 17.6 Å². The lowest BCUT2D eigenvalue weighted by Gasteiger charge is -2.11. The van der Waals surface area contributed by atoms with E-state index in [1.54, 1.807) is 0 Å². The summed E-state index contributed by atoms with van der Waals surface area (Å²) in [6.45, 7) is 1.36. The van der Waals surface area contributed by atoms with Gasteiger partial charge in [0.15, 0.2) is 0 Å². The number of halogens is 3. The van der Waals surface area contributed by atoms with E-state index in [1.165, 1.54) is 15.4 Å². The maximum Gasteiger partial charge on any atom is 0.276 e. The van der Waals surface area contributed by atoms with E-state index in [0.29, 0.717) is 32.6 Å². The smallest absolute Gasteiger partial charge is 0.276 e. The molecule has 0 radical (unpaired) electrons. The summed E-state index contributed by atoms with van der Waals surface area (Å²) in [7, 11) is -3.60. The summed E-state index contributed by atoms with van der Waals surface area (Å²) in [6, 6.07) is 2.20. The van der Waals surface area contributed by atoms with Crippen LogP contribution in [0, 0.1) is 5.82 Å². The Morgan fingerprint density at radius 1 is 1.15 bits per heavy atom. The maximum atomic E-state index is 14.6. The molecular weight excluding hydrogens is 420 g/mol. The Hall–Kier alpha value is -1.55. The van der Waals surface area contributed by atoms with Gasteiger partial charge in [-0.3, -0.25) is 14.2 Å². The van der Waals surface area contributed by atoms with Gasteiger partial charge < -0.3 is 4.74 Å². The first kappa shape index (κ1) is 18.8. The highest BCUT2D eigenvalue weighted by atomic mass is 35.5. The topological polar surface area (TPSA) is 82.3 Å². The lowest BCUT2D eigenvalue weighted by Crippen LogP contribution is -2.23. The number of nitrogens with one attached hydrogen (secondary N) is 1. The number of benzene rings is 1. The highest BCUT2D eigenvalue weighted by molar-refractivity contribution is 7.93. The zero-order valence-corrected chi connectivity index (χ0v) is 16.4. The highest BCUT2D eigenvalue weighted by Crippen LogP contribution is 2.36. The molecule has 1 N–H and O–H groups in total. The van der Waals surface area contributed by atoms with Crippen LogP contribution in [0.2, 0.25) is 10.2 Å². The first-order valence-electron chi connectivity index (χ1n) is 8.37. The van der Waals surface area contributed by atoms with Crippen LogP contribution in [0.25, 0.3) is 11.1 Å². The molecule has 0 amide bonds. The van der Waals surface area contributed by atoms with Crippen LogP contribution in [0.3, 0.4) is 0 Å². The minimum atomic E-state index is -3.60. The van der Waals surface area contributed by atoms with Gasteiger partial charge in [0.05, 0.1) is 47.8 Å². The van der Waals surface area contributed by atoms with Crippen LogP contribution in [-0.4, -0.2) is 36.2 Å². The van der Waals surface area contributed by atoms with E-state index < -0.39 is 26.6 Å². The molecule has 2 aliphatic rings. The minimum Gasteiger partial charge on any atom is -0.378 e. The average Bonchev–Trinajstić information content (AvgIpc) is 3.42. The highest BCUT2D eigenvalue weighted by Gasteiger charge is 2.36. The fraction of sp³-hybridized carbons (Fsp3) is 0.438. The first-order valence-corrected chi connectivity index (χ1v) is 10.7. The van der Waals surface area contributed by atoms with Gasteiger partial charge in [-0.05, 0) is 25.0 Å². The fourth-order valence-corrected chi connectivity index (χ4v) is 5.08. The lowest BCUT2D eigenvalue weighted by molar-refractivity contribution is 0.137. The molecule has 2 aromatic rings. The molecule has 0 unspecified atom stereocenters. The number of hydrogen-bond donors (Lipinski definition) is 1. The van der Waals surface area contributed by atoms with Crippen LogP contribution < -0.4 is 10.3 Å². The molecule has 0 saturated heterocycles. The average molecular weight is 436 g/mol. The Morgan fingerprint density at radius 2 is 1.81 bits per heavy atom. The van der Waals surface area contributed by atoms with E-state index in [0.717, 1.165) is 6.07 Å². The SMILES string of the molecule is O=c1c(-c2cc(NS(=O)(=O)C3CC3)c(Cl)cc2F)c(Cl)n2n1CCOCC2. The van der Waals surface area contributed by atoms with E-state index in [2.05, 4.69) is 4.72 Å². The Morgan fingerprint density at radius 3 is 2.48 bits per heavy atom. The zero-order valence-electron chi connectivity index (χ0n) is 14.0. The van der Waals surface area contributed by atoms with Gasteiger partial charge in [0.25, 0.3) is 5.56 Å². The molecule has 27 heavy (non-hydrogen) atoms. The second-order valence-electron chi connectivity index (χ2n) is 6.49. The molecule has 1 aromatic carbocycles. The molecular formula is C16H16Cl2FN3O4S. The number of ether oxygens (including phenoxy) is 1. The van der Waals surface area contributed by atoms with Crippen molar-refractivity contribution >= 4 is 38.9 Å². The van der Waals surface area contributed by atoms with Crippen LogP contribution in [0.15, 0.2) is 16.9 Å². The molecule has 1 aliphatic carbocycles. The molecule has 2 heterocycles. The van der Waals surface area contributed by atoms with E-state index in [4.69, 9.17) is 27.9 Å². The van der Waals surface area contributed by atoms with Gasteiger partial charge in [-0.25, -0.2) is 17.5 Å².